The lowest BCUT2D eigenvalue weighted by Gasteiger charge is -2.46. The highest BCUT2D eigenvalue weighted by molar-refractivity contribution is 6.09. The molecule has 3 aromatic carbocycles. The van der Waals surface area contributed by atoms with Gasteiger partial charge in [-0.05, 0) is 109 Å². The van der Waals surface area contributed by atoms with E-state index in [2.05, 4.69) is 171 Å². The number of pyridine rings is 1. The first-order valence-electron chi connectivity index (χ1n) is 20.1. The molecule has 0 N–H and O–H groups in total. The Labute approximate surface area is 323 Å². The van der Waals surface area contributed by atoms with E-state index in [1.807, 2.05) is 6.20 Å². The number of ether oxygens (including phenoxy) is 1. The summed E-state index contributed by atoms with van der Waals surface area (Å²) in [7, 11) is 0. The molecule has 6 aromatic rings. The van der Waals surface area contributed by atoms with Crippen LogP contribution < -0.4 is 4.74 Å². The lowest BCUT2D eigenvalue weighted by Crippen LogP contribution is -2.36. The van der Waals surface area contributed by atoms with Gasteiger partial charge in [-0.25, -0.2) is 9.67 Å². The summed E-state index contributed by atoms with van der Waals surface area (Å²) >= 11 is 0. The predicted molar refractivity (Wildman–Crippen MR) is 227 cm³/mol. The first kappa shape index (κ1) is 37.7. The molecule has 0 saturated heterocycles. The highest BCUT2D eigenvalue weighted by Gasteiger charge is 2.44. The van der Waals surface area contributed by atoms with Gasteiger partial charge in [0.05, 0.1) is 22.4 Å². The number of aromatic nitrogens is 4. The van der Waals surface area contributed by atoms with Gasteiger partial charge in [-0.3, -0.25) is 4.57 Å². The van der Waals surface area contributed by atoms with E-state index in [-0.39, 0.29) is 10.8 Å². The molecular formula is C49H60N4O. The number of aryl methyl sites for hydroxylation is 2. The average Bonchev–Trinajstić information content (AvgIpc) is 3.59. The number of para-hydroxylation sites is 1. The van der Waals surface area contributed by atoms with Gasteiger partial charge in [0, 0.05) is 46.3 Å². The zero-order chi connectivity index (χ0) is 38.7. The minimum atomic E-state index is 0.0591. The van der Waals surface area contributed by atoms with Crippen molar-refractivity contribution in [1.29, 1.82) is 0 Å². The minimum absolute atomic E-state index is 0.0591. The number of hydrogen-bond acceptors (Lipinski definition) is 3. The summed E-state index contributed by atoms with van der Waals surface area (Å²) in [5.74, 6) is 4.23. The van der Waals surface area contributed by atoms with E-state index in [1.54, 1.807) is 5.57 Å². The van der Waals surface area contributed by atoms with Gasteiger partial charge in [-0.2, -0.15) is 5.10 Å². The van der Waals surface area contributed by atoms with E-state index in [4.69, 9.17) is 14.8 Å². The average molecular weight is 721 g/mol. The summed E-state index contributed by atoms with van der Waals surface area (Å²) in [6.07, 6.45) is 7.81. The van der Waals surface area contributed by atoms with E-state index < -0.39 is 0 Å². The van der Waals surface area contributed by atoms with Crippen LogP contribution in [-0.2, 0) is 6.42 Å². The third-order valence-corrected chi connectivity index (χ3v) is 11.7. The Kier molecular flexibility index (Phi) is 9.91. The van der Waals surface area contributed by atoms with Gasteiger partial charge in [-0.1, -0.05) is 106 Å². The Morgan fingerprint density at radius 1 is 0.852 bits per heavy atom. The maximum Gasteiger partial charge on any atom is 0.137 e. The molecule has 5 nitrogen and oxygen atoms in total. The molecule has 0 saturated carbocycles. The van der Waals surface area contributed by atoms with Crippen molar-refractivity contribution in [2.24, 2.45) is 22.7 Å². The number of hydrogen-bond donors (Lipinski definition) is 0. The normalized spacial score (nSPS) is 18.2. The summed E-state index contributed by atoms with van der Waals surface area (Å²) in [6, 6.07) is 26.0. The van der Waals surface area contributed by atoms with Crippen molar-refractivity contribution >= 4 is 21.8 Å². The van der Waals surface area contributed by atoms with Gasteiger partial charge in [0.1, 0.15) is 17.3 Å². The molecule has 54 heavy (non-hydrogen) atoms. The molecule has 1 unspecified atom stereocenters. The molecule has 7 rings (SSSR count). The van der Waals surface area contributed by atoms with Crippen molar-refractivity contribution in [1.82, 2.24) is 19.3 Å². The number of fused-ring (bicyclic) bond motifs is 3. The number of nitrogens with zero attached hydrogens (tertiary/aromatic N) is 4. The van der Waals surface area contributed by atoms with Gasteiger partial charge in [0.15, 0.2) is 0 Å². The zero-order valence-corrected chi connectivity index (χ0v) is 34.7. The Bertz CT molecular complexity index is 2360. The second-order valence-electron chi connectivity index (χ2n) is 18.4. The largest absolute Gasteiger partial charge is 0.457 e. The Hall–Kier alpha value is -4.64. The van der Waals surface area contributed by atoms with Gasteiger partial charge < -0.3 is 4.74 Å². The predicted octanol–water partition coefficient (Wildman–Crippen LogP) is 13.6. The van der Waals surface area contributed by atoms with Crippen molar-refractivity contribution in [3.05, 3.63) is 119 Å². The zero-order valence-electron chi connectivity index (χ0n) is 34.7. The van der Waals surface area contributed by atoms with Crippen LogP contribution in [0.15, 0.2) is 90.6 Å². The van der Waals surface area contributed by atoms with E-state index in [0.717, 1.165) is 52.6 Å². The fourth-order valence-electron chi connectivity index (χ4n) is 9.06. The molecule has 5 heteroatoms. The Morgan fingerprint density at radius 2 is 1.59 bits per heavy atom. The first-order chi connectivity index (χ1) is 25.5. The fraction of sp³-hybridized carbons (Fsp3) is 0.429. The Balaban J connectivity index is 1.33. The van der Waals surface area contributed by atoms with Crippen molar-refractivity contribution in [2.75, 3.05) is 0 Å². The molecule has 3 aromatic heterocycles. The number of allylic oxidation sites excluding steroid dienone is 2. The van der Waals surface area contributed by atoms with Crippen LogP contribution in [0, 0.1) is 36.5 Å². The second-order valence-corrected chi connectivity index (χ2v) is 18.4. The number of benzene rings is 3. The summed E-state index contributed by atoms with van der Waals surface area (Å²) in [5, 5.41) is 7.70. The molecule has 0 aliphatic heterocycles. The maximum atomic E-state index is 6.83. The van der Waals surface area contributed by atoms with Crippen LogP contribution in [0.5, 0.6) is 11.5 Å². The van der Waals surface area contributed by atoms with Gasteiger partial charge in [0.25, 0.3) is 0 Å². The molecule has 0 bridgehead atoms. The van der Waals surface area contributed by atoms with Gasteiger partial charge >= 0.3 is 0 Å². The van der Waals surface area contributed by atoms with Crippen LogP contribution >= 0.6 is 0 Å². The molecule has 1 aliphatic carbocycles. The van der Waals surface area contributed by atoms with E-state index in [1.165, 1.54) is 39.6 Å². The molecule has 0 radical (unpaired) electrons. The molecule has 0 amide bonds. The second kappa shape index (κ2) is 14.2. The van der Waals surface area contributed by atoms with E-state index >= 15 is 0 Å². The highest BCUT2D eigenvalue weighted by Crippen LogP contribution is 2.54. The number of rotatable bonds is 8. The quantitative estimate of drug-likeness (QED) is 0.147. The molecule has 282 valence electrons. The molecule has 0 fully saturated rings. The van der Waals surface area contributed by atoms with Crippen LogP contribution in [0.2, 0.25) is 0 Å². The smallest absolute Gasteiger partial charge is 0.137 e. The van der Waals surface area contributed by atoms with E-state index in [9.17, 15) is 0 Å². The standard InChI is InChI=1S/C49H60N4O/c1-13-16-34-21-22-50-45(25-34)52-43-18-15-14-17-39(43)40-20-19-37(29-44(40)52)54-38-27-35(30(2)3)26-36(28-38)53-33(6)46(32(5)51-53)47-41(48(7,8)9)23-31(4)24-42(47)49(10,11)12/h14-15,17-23,25-31,42,47H,13,16,24H2,1-12H3/t31-,42?,47-/m0/s1. The van der Waals surface area contributed by atoms with Gasteiger partial charge in [-0.15, -0.1) is 0 Å². The van der Waals surface area contributed by atoms with Crippen LogP contribution in [0.3, 0.4) is 0 Å². The summed E-state index contributed by atoms with van der Waals surface area (Å²) in [4.78, 5) is 4.85. The monoisotopic (exact) mass is 720 g/mol. The molecule has 3 atom stereocenters. The summed E-state index contributed by atoms with van der Waals surface area (Å²) < 4.78 is 11.3. The lowest BCUT2D eigenvalue weighted by molar-refractivity contribution is 0.162. The summed E-state index contributed by atoms with van der Waals surface area (Å²) in [6.45, 7) is 28.0. The molecule has 0 spiro atoms. The SMILES string of the molecule is CCCc1ccnc(-n2c3ccccc3c3ccc(Oc4cc(C(C)C)cc(-n5nc(C)c([C@H]6C(C(C)(C)C)=C[C@H](C)CC6C(C)(C)C)c5C)c4)cc32)c1. The fourth-order valence-corrected chi connectivity index (χ4v) is 9.06. The third kappa shape index (κ3) is 7.03. The minimum Gasteiger partial charge on any atom is -0.457 e. The van der Waals surface area contributed by atoms with Crippen LogP contribution in [-0.4, -0.2) is 19.3 Å². The topological polar surface area (TPSA) is 44.9 Å². The third-order valence-electron chi connectivity index (χ3n) is 11.7. The maximum absolute atomic E-state index is 6.83. The van der Waals surface area contributed by atoms with Crippen LogP contribution in [0.25, 0.3) is 33.3 Å². The van der Waals surface area contributed by atoms with Crippen molar-refractivity contribution in [3.63, 3.8) is 0 Å². The van der Waals surface area contributed by atoms with Crippen molar-refractivity contribution in [2.45, 2.75) is 114 Å². The van der Waals surface area contributed by atoms with Crippen molar-refractivity contribution in [3.8, 4) is 23.0 Å². The Morgan fingerprint density at radius 3 is 2.30 bits per heavy atom. The van der Waals surface area contributed by atoms with Crippen molar-refractivity contribution < 1.29 is 4.74 Å². The molecule has 1 aliphatic rings. The van der Waals surface area contributed by atoms with Crippen LogP contribution in [0.4, 0.5) is 0 Å². The highest BCUT2D eigenvalue weighted by atomic mass is 16.5. The van der Waals surface area contributed by atoms with Crippen LogP contribution in [0.1, 0.15) is 122 Å². The molecule has 3 heterocycles. The van der Waals surface area contributed by atoms with Gasteiger partial charge in [0.2, 0.25) is 0 Å². The first-order valence-corrected chi connectivity index (χ1v) is 20.1. The lowest BCUT2D eigenvalue weighted by atomic mass is 9.58. The summed E-state index contributed by atoms with van der Waals surface area (Å²) in [5.41, 5.74) is 11.2. The van der Waals surface area contributed by atoms with E-state index in [0.29, 0.717) is 23.7 Å². The molecular weight excluding hydrogens is 661 g/mol.